The van der Waals surface area contributed by atoms with Crippen LogP contribution in [0.15, 0.2) is 104 Å². The number of benzene rings is 3. The van der Waals surface area contributed by atoms with Crippen LogP contribution < -0.4 is 37.2 Å². The van der Waals surface area contributed by atoms with Gasteiger partial charge in [-0.05, 0) is 113 Å². The maximum Gasteiger partial charge on any atom is 0.328 e. The Kier molecular flexibility index (Phi) is 44.6. The number of methoxy groups -OCH3 is 2. The average molecular weight is 1400 g/mol. The predicted molar refractivity (Wildman–Crippen MR) is 395 cm³/mol. The zero-order valence-corrected chi connectivity index (χ0v) is 60.7. The van der Waals surface area contributed by atoms with E-state index in [9.17, 15) is 33.6 Å². The van der Waals surface area contributed by atoms with Crippen molar-refractivity contribution >= 4 is 64.1 Å². The van der Waals surface area contributed by atoms with Crippen LogP contribution in [0.3, 0.4) is 0 Å². The van der Waals surface area contributed by atoms with E-state index in [1.807, 2.05) is 113 Å². The highest BCUT2D eigenvalue weighted by Gasteiger charge is 2.40. The average Bonchev–Trinajstić information content (AvgIpc) is 1.66. The van der Waals surface area contributed by atoms with E-state index >= 15 is 0 Å². The van der Waals surface area contributed by atoms with Crippen molar-refractivity contribution in [1.29, 1.82) is 4.29 Å². The van der Waals surface area contributed by atoms with Gasteiger partial charge in [-0.15, -0.1) is 0 Å². The van der Waals surface area contributed by atoms with Gasteiger partial charge in [-0.25, -0.2) is 9.59 Å². The minimum atomic E-state index is -0.877. The molecule has 2 aliphatic rings. The Hall–Kier alpha value is -7.06. The Labute approximate surface area is 598 Å². The molecule has 0 unspecified atom stereocenters. The van der Waals surface area contributed by atoms with Gasteiger partial charge in [-0.2, -0.15) is 11.8 Å². The van der Waals surface area contributed by atoms with Crippen LogP contribution in [-0.4, -0.2) is 230 Å². The fourth-order valence-corrected chi connectivity index (χ4v) is 12.6. The molecule has 3 aromatic carbocycles. The van der Waals surface area contributed by atoms with Crippen molar-refractivity contribution in [2.75, 3.05) is 113 Å². The monoisotopic (exact) mass is 1400 g/mol. The maximum atomic E-state index is 13.4. The smallest absolute Gasteiger partial charge is 0.328 e. The molecule has 0 aliphatic carbocycles. The van der Waals surface area contributed by atoms with Gasteiger partial charge in [0.25, 0.3) is 0 Å². The number of hydrogen-bond donors (Lipinski definition) is 11. The third-order valence-electron chi connectivity index (χ3n) is 15.9. The molecular formula is C74H123N11O12S. The second-order valence-electron chi connectivity index (χ2n) is 23.5. The summed E-state index contributed by atoms with van der Waals surface area (Å²) in [6.45, 7) is 17.6. The predicted octanol–water partition coefficient (Wildman–Crippen LogP) is 6.64. The summed E-state index contributed by atoms with van der Waals surface area (Å²) in [5, 5.41) is 33.3. The van der Waals surface area contributed by atoms with Crippen molar-refractivity contribution in [3.63, 3.8) is 0 Å². The maximum absolute atomic E-state index is 13.4. The molecule has 11 N–H and O–H groups in total. The number of aromatic amines is 1. The number of ether oxygens (including phenoxy) is 2. The number of nitrogens with zero attached hydrogens (tertiary/aromatic N) is 3. The quantitative estimate of drug-likeness (QED) is 0.0164. The molecule has 0 spiro atoms. The van der Waals surface area contributed by atoms with Crippen LogP contribution in [0.4, 0.5) is 0 Å². The number of aliphatic hydroxyl groups is 3. The van der Waals surface area contributed by atoms with Crippen LogP contribution in [0.25, 0.3) is 10.9 Å². The van der Waals surface area contributed by atoms with Crippen molar-refractivity contribution in [3.05, 3.63) is 120 Å². The van der Waals surface area contributed by atoms with E-state index in [1.165, 1.54) is 35.5 Å². The van der Waals surface area contributed by atoms with E-state index in [2.05, 4.69) is 89.8 Å². The molecule has 23 nitrogen and oxygen atoms in total. The molecule has 0 saturated carbocycles. The molecule has 0 radical (unpaired) electrons. The van der Waals surface area contributed by atoms with Crippen molar-refractivity contribution < 1.29 is 62.5 Å². The fraction of sp³-hybridized carbons (Fsp3) is 0.608. The van der Waals surface area contributed by atoms with E-state index in [0.29, 0.717) is 96.4 Å². The van der Waals surface area contributed by atoms with Crippen molar-refractivity contribution in [2.45, 2.75) is 180 Å². The van der Waals surface area contributed by atoms with Gasteiger partial charge < -0.3 is 67.0 Å². The third-order valence-corrected chi connectivity index (χ3v) is 17.4. The van der Waals surface area contributed by atoms with E-state index in [-0.39, 0.29) is 43.1 Å². The largest absolute Gasteiger partial charge is 0.467 e. The molecule has 2 saturated heterocycles. The summed E-state index contributed by atoms with van der Waals surface area (Å²) in [4.78, 5) is 97.2. The van der Waals surface area contributed by atoms with Gasteiger partial charge in [0.15, 0.2) is 0 Å². The summed E-state index contributed by atoms with van der Waals surface area (Å²) < 4.78 is 49.0. The number of unbranched alkanes of at least 4 members (excludes halogenated alkanes) is 4. The van der Waals surface area contributed by atoms with Crippen LogP contribution >= 0.6 is 11.8 Å². The number of esters is 2. The Morgan fingerprint density at radius 3 is 1.55 bits per heavy atom. The highest BCUT2D eigenvalue weighted by atomic mass is 32.2. The lowest BCUT2D eigenvalue weighted by molar-refractivity contribution is -0.145. The summed E-state index contributed by atoms with van der Waals surface area (Å²) >= 11 is 2.01. The van der Waals surface area contributed by atoms with E-state index in [4.69, 9.17) is 17.9 Å². The summed E-state index contributed by atoms with van der Waals surface area (Å²) in [7, 11) is 6.50. The van der Waals surface area contributed by atoms with Crippen LogP contribution in [0.2, 0.25) is 0 Å². The first kappa shape index (κ1) is 78.3. The number of aliphatic hydroxyl groups excluding tert-OH is 3. The van der Waals surface area contributed by atoms with E-state index in [0.717, 1.165) is 136 Å². The standard InChI is InChI=1S/C28H39N3O4.C22H41N5O2S.C21H31N3O3.3CH4O/c1-4-6-18-31(17-5-2)21-26(32)29-24(19-22-13-9-7-10-14-22)27(33)30-25(28(34)35-3)20-23-15-11-8-12-16-23;1-4-6-14-27(13-5-2)15-21(29)24-12-11-23-20(28)10-8-7-9-19-22-18(16-30-19)25-17(3)26-22;1-4-6-12-24(11-5-2)15-20(25)23-19(21(26)27-3)13-16-14-22-18-10-8-7-9-17(16)18;3*1-2/h7-16,24-25H,4-6,17-21H2,1-3H3,(H,29,32)(H,30,33);18-19,22,25-26H,3-16H2,1-2H3,(H,23,28)(H,24,29);7-10,14,19,22H,4-6,11-13,15H2,1-3H3,(H,23,25);3*2H,1H3/t24-,25-;18-,19-,22-;19-;;;/m101.../s1/i3*2D;3*2T. The lowest BCUT2D eigenvalue weighted by atomic mass is 10.0. The molecule has 5 amide bonds. The lowest BCUT2D eigenvalue weighted by Crippen LogP contribution is -2.54. The Balaban J connectivity index is 0.000000740. The van der Waals surface area contributed by atoms with Crippen molar-refractivity contribution in [3.8, 4) is 0 Å². The number of H-pyrrole nitrogens is 1. The number of carbonyl (C=O) groups is 7. The second kappa shape index (κ2) is 55.8. The molecule has 6 rings (SSSR count). The fourth-order valence-electron chi connectivity index (χ4n) is 11.0. The summed E-state index contributed by atoms with van der Waals surface area (Å²) in [6, 6.07) is 25.2. The molecule has 24 heteroatoms. The van der Waals surface area contributed by atoms with E-state index < -0.39 is 36.0 Å². The molecule has 98 heavy (non-hydrogen) atoms. The number of para-hydroxylation sites is 1. The van der Waals surface area contributed by atoms with Crippen LogP contribution in [0.1, 0.15) is 146 Å². The zero-order valence-electron chi connectivity index (χ0n) is 65.9. The van der Waals surface area contributed by atoms with E-state index in [1.54, 1.807) is 0 Å². The molecule has 2 aliphatic heterocycles. The molecule has 0 bridgehead atoms. The number of amides is 5. The topological polar surface area (TPSA) is 308 Å². The summed E-state index contributed by atoms with van der Waals surface area (Å²) in [5.41, 5.74) is 3.74. The highest BCUT2D eigenvalue weighted by Crippen LogP contribution is 2.34. The molecule has 3 heterocycles. The first-order valence-electron chi connectivity index (χ1n) is 37.7. The Bertz CT molecular complexity index is 2910. The second-order valence-corrected chi connectivity index (χ2v) is 24.7. The molecule has 1 aromatic heterocycles. The number of nitrogens with one attached hydrogen (secondary N) is 8. The Morgan fingerprint density at radius 1 is 0.592 bits per heavy atom. The van der Waals surface area contributed by atoms with Crippen LogP contribution in [0.5, 0.6) is 0 Å². The van der Waals surface area contributed by atoms with Crippen LogP contribution in [0, 0.1) is 0 Å². The number of hydrogen-bond acceptors (Lipinski definition) is 18. The SMILES string of the molecule is [2H]CCCN(CCCC)CC(=O)NCCNC(=O)CCCC[C@@H]1SC[C@@H]2NC(=C)N[C@@H]21.[2H]CCCN(CCCC)CC(=O)N[C@H](Cc1c[nH]c2ccccc12)C(=O)OC.[2H]CCCN(CCCC)CC(=O)N[C@H](Cc1ccccc1)C(=O)N[C@H](Cc1ccccc1)C(=O)OC.[3H]OC.[3H]OC.[3H]OC. The van der Waals surface area contributed by atoms with Gasteiger partial charge in [-0.3, -0.25) is 38.7 Å². The number of thioether (sulfide) groups is 1. The number of fused-ring (bicyclic) bond motifs is 2. The third kappa shape index (κ3) is 36.7. The van der Waals surface area contributed by atoms with Gasteiger partial charge in [0, 0.05) is 92.3 Å². The Morgan fingerprint density at radius 2 is 1.05 bits per heavy atom. The van der Waals surface area contributed by atoms with Gasteiger partial charge in [0.1, 0.15) is 18.1 Å². The van der Waals surface area contributed by atoms with Crippen molar-refractivity contribution in [1.82, 2.24) is 56.9 Å². The van der Waals surface area contributed by atoms with Crippen LogP contribution in [-0.2, 0) is 62.3 Å². The minimum Gasteiger partial charge on any atom is -0.467 e. The first-order valence-corrected chi connectivity index (χ1v) is 35.4. The number of rotatable bonds is 41. The first-order chi connectivity index (χ1) is 50.3. The zero-order chi connectivity index (χ0) is 77.1. The van der Waals surface area contributed by atoms with Gasteiger partial charge in [0.05, 0.1) is 51.8 Å². The molecule has 2 fully saturated rings. The summed E-state index contributed by atoms with van der Waals surface area (Å²) in [5.74, 6) is 0.205. The lowest BCUT2D eigenvalue weighted by Gasteiger charge is -2.25. The van der Waals surface area contributed by atoms with Gasteiger partial charge >= 0.3 is 11.9 Å². The summed E-state index contributed by atoms with van der Waals surface area (Å²) in [6.07, 6.45) is 14.8. The normalized spacial score (nSPS) is 15.7. The van der Waals surface area contributed by atoms with Gasteiger partial charge in [-0.1, -0.05) is 153 Å². The minimum absolute atomic E-state index is 0.0135. The molecule has 4 aromatic rings. The number of carbonyl (C=O) groups excluding carboxylic acids is 7. The number of aromatic nitrogens is 1. The van der Waals surface area contributed by atoms with Crippen molar-refractivity contribution in [2.24, 2.45) is 0 Å². The van der Waals surface area contributed by atoms with Gasteiger partial charge in [0.2, 0.25) is 33.8 Å². The highest BCUT2D eigenvalue weighted by molar-refractivity contribution is 8.00. The molecular weight excluding hydrogens is 1270 g/mol. The molecule has 6 atom stereocenters. The molecule has 552 valence electrons.